The quantitative estimate of drug-likeness (QED) is 0.843. The summed E-state index contributed by atoms with van der Waals surface area (Å²) in [6.07, 6.45) is 3.51. The Hall–Kier alpha value is -2.34. The van der Waals surface area contributed by atoms with Gasteiger partial charge >= 0.3 is 0 Å². The third-order valence-corrected chi connectivity index (χ3v) is 5.15. The number of carbonyl (C=O) groups excluding carboxylic acids is 1. The number of carbonyl (C=O) groups is 1. The molecule has 1 fully saturated rings. The van der Waals surface area contributed by atoms with E-state index in [-0.39, 0.29) is 11.9 Å². The molecule has 0 spiro atoms. The molecule has 1 amide bonds. The first-order valence-corrected chi connectivity index (χ1v) is 9.11. The van der Waals surface area contributed by atoms with E-state index >= 15 is 0 Å². The van der Waals surface area contributed by atoms with Gasteiger partial charge < -0.3 is 15.5 Å². The van der Waals surface area contributed by atoms with Crippen molar-refractivity contribution in [3.05, 3.63) is 48.2 Å². The average Bonchev–Trinajstić information content (AvgIpc) is 3.27. The van der Waals surface area contributed by atoms with E-state index in [1.54, 1.807) is 0 Å². The summed E-state index contributed by atoms with van der Waals surface area (Å²) in [5.74, 6) is 1.86. The SMILES string of the molecule is O=C1CCCN1C[C@H](NC[C@@H]1CNc2ccnn2C1)c1ccccc1. The Morgan fingerprint density at radius 2 is 2.16 bits per heavy atom. The summed E-state index contributed by atoms with van der Waals surface area (Å²) >= 11 is 0. The van der Waals surface area contributed by atoms with E-state index in [4.69, 9.17) is 0 Å². The van der Waals surface area contributed by atoms with Crippen LogP contribution < -0.4 is 10.6 Å². The van der Waals surface area contributed by atoms with E-state index in [0.717, 1.165) is 45.0 Å². The van der Waals surface area contributed by atoms with Crippen LogP contribution in [-0.2, 0) is 11.3 Å². The number of nitrogens with one attached hydrogen (secondary N) is 2. The van der Waals surface area contributed by atoms with Crippen molar-refractivity contribution < 1.29 is 4.79 Å². The van der Waals surface area contributed by atoms with Gasteiger partial charge in [-0.3, -0.25) is 4.79 Å². The van der Waals surface area contributed by atoms with Gasteiger partial charge in [0, 0.05) is 57.2 Å². The lowest BCUT2D eigenvalue weighted by Gasteiger charge is -2.29. The van der Waals surface area contributed by atoms with Gasteiger partial charge in [0.1, 0.15) is 5.82 Å². The molecule has 0 saturated carbocycles. The van der Waals surface area contributed by atoms with Crippen LogP contribution >= 0.6 is 0 Å². The summed E-state index contributed by atoms with van der Waals surface area (Å²) in [7, 11) is 0. The third kappa shape index (κ3) is 3.69. The van der Waals surface area contributed by atoms with Crippen LogP contribution in [0, 0.1) is 5.92 Å². The zero-order chi connectivity index (χ0) is 17.1. The molecule has 1 saturated heterocycles. The second-order valence-corrected chi connectivity index (χ2v) is 6.96. The Balaban J connectivity index is 1.41. The van der Waals surface area contributed by atoms with Crippen LogP contribution in [0.3, 0.4) is 0 Å². The van der Waals surface area contributed by atoms with E-state index in [1.165, 1.54) is 5.56 Å². The Morgan fingerprint density at radius 3 is 2.96 bits per heavy atom. The van der Waals surface area contributed by atoms with Crippen LogP contribution in [0.2, 0.25) is 0 Å². The zero-order valence-corrected chi connectivity index (χ0v) is 14.4. The summed E-state index contributed by atoms with van der Waals surface area (Å²) in [5.41, 5.74) is 1.24. The standard InChI is InChI=1S/C19H25N5O/c25-19-7-4-10-23(19)14-17(16-5-2-1-3-6-16)20-11-15-12-21-18-8-9-22-24(18)13-15/h1-3,5-6,8-9,15,17,20-21H,4,7,10-14H2/t15-,17+/m1/s1. The number of hydrogen-bond donors (Lipinski definition) is 2. The van der Waals surface area contributed by atoms with E-state index in [1.807, 2.05) is 27.9 Å². The molecule has 1 aromatic heterocycles. The minimum atomic E-state index is 0.169. The lowest BCUT2D eigenvalue weighted by molar-refractivity contribution is -0.128. The number of benzene rings is 1. The molecule has 1 aromatic carbocycles. The lowest BCUT2D eigenvalue weighted by atomic mass is 10.0. The van der Waals surface area contributed by atoms with Crippen LogP contribution in [0.4, 0.5) is 5.82 Å². The summed E-state index contributed by atoms with van der Waals surface area (Å²) in [5, 5.41) is 11.5. The van der Waals surface area contributed by atoms with Crippen molar-refractivity contribution in [2.24, 2.45) is 5.92 Å². The van der Waals surface area contributed by atoms with E-state index in [0.29, 0.717) is 12.3 Å². The molecule has 2 N–H and O–H groups in total. The second kappa shape index (κ2) is 7.27. The van der Waals surface area contributed by atoms with Crippen LogP contribution in [0.1, 0.15) is 24.4 Å². The molecule has 2 aliphatic rings. The summed E-state index contributed by atoms with van der Waals surface area (Å²) in [6.45, 7) is 4.39. The van der Waals surface area contributed by atoms with Crippen molar-refractivity contribution in [1.82, 2.24) is 20.0 Å². The number of likely N-dealkylation sites (tertiary alicyclic amines) is 1. The Bertz CT molecular complexity index is 714. The highest BCUT2D eigenvalue weighted by Gasteiger charge is 2.25. The van der Waals surface area contributed by atoms with Crippen molar-refractivity contribution >= 4 is 11.7 Å². The molecular weight excluding hydrogens is 314 g/mol. The van der Waals surface area contributed by atoms with Crippen molar-refractivity contribution in [3.63, 3.8) is 0 Å². The number of rotatable bonds is 6. The van der Waals surface area contributed by atoms with E-state index in [9.17, 15) is 4.79 Å². The minimum Gasteiger partial charge on any atom is -0.370 e. The Kier molecular flexibility index (Phi) is 4.70. The highest BCUT2D eigenvalue weighted by molar-refractivity contribution is 5.78. The van der Waals surface area contributed by atoms with Gasteiger partial charge in [0.05, 0.1) is 6.20 Å². The number of hydrogen-bond acceptors (Lipinski definition) is 4. The topological polar surface area (TPSA) is 62.2 Å². The van der Waals surface area contributed by atoms with Gasteiger partial charge in [-0.15, -0.1) is 0 Å². The molecular formula is C19H25N5O. The number of nitrogens with zero attached hydrogens (tertiary/aromatic N) is 3. The molecule has 0 unspecified atom stereocenters. The smallest absolute Gasteiger partial charge is 0.222 e. The zero-order valence-electron chi connectivity index (χ0n) is 14.4. The van der Waals surface area contributed by atoms with Gasteiger partial charge in [-0.2, -0.15) is 5.10 Å². The monoisotopic (exact) mass is 339 g/mol. The van der Waals surface area contributed by atoms with Crippen LogP contribution in [0.5, 0.6) is 0 Å². The summed E-state index contributed by atoms with van der Waals surface area (Å²) in [6, 6.07) is 12.6. The largest absolute Gasteiger partial charge is 0.370 e. The van der Waals surface area contributed by atoms with Gasteiger partial charge in [0.15, 0.2) is 0 Å². The van der Waals surface area contributed by atoms with Crippen LogP contribution in [-0.4, -0.2) is 46.8 Å². The molecule has 0 bridgehead atoms. The van der Waals surface area contributed by atoms with Crippen LogP contribution in [0.15, 0.2) is 42.6 Å². The number of amides is 1. The normalized spacial score (nSPS) is 21.0. The first kappa shape index (κ1) is 16.1. The maximum Gasteiger partial charge on any atom is 0.222 e. The van der Waals surface area contributed by atoms with Crippen molar-refractivity contribution in [2.75, 3.05) is 31.5 Å². The Morgan fingerprint density at radius 1 is 1.28 bits per heavy atom. The predicted octanol–water partition coefficient (Wildman–Crippen LogP) is 1.88. The van der Waals surface area contributed by atoms with Crippen LogP contribution in [0.25, 0.3) is 0 Å². The molecule has 25 heavy (non-hydrogen) atoms. The first-order chi connectivity index (χ1) is 12.3. The van der Waals surface area contributed by atoms with Crippen molar-refractivity contribution in [3.8, 4) is 0 Å². The van der Waals surface area contributed by atoms with E-state index in [2.05, 4.69) is 40.0 Å². The van der Waals surface area contributed by atoms with Gasteiger partial charge in [-0.25, -0.2) is 4.68 Å². The third-order valence-electron chi connectivity index (χ3n) is 5.15. The van der Waals surface area contributed by atoms with Crippen molar-refractivity contribution in [1.29, 1.82) is 0 Å². The van der Waals surface area contributed by atoms with E-state index < -0.39 is 0 Å². The fourth-order valence-electron chi connectivity index (χ4n) is 3.72. The lowest BCUT2D eigenvalue weighted by Crippen LogP contribution is -2.41. The number of aromatic nitrogens is 2. The van der Waals surface area contributed by atoms with Gasteiger partial charge in [-0.05, 0) is 12.0 Å². The fraction of sp³-hybridized carbons (Fsp3) is 0.474. The van der Waals surface area contributed by atoms with Gasteiger partial charge in [-0.1, -0.05) is 30.3 Å². The maximum absolute atomic E-state index is 12.0. The van der Waals surface area contributed by atoms with Crippen molar-refractivity contribution in [2.45, 2.75) is 25.4 Å². The minimum absolute atomic E-state index is 0.169. The molecule has 2 atom stereocenters. The highest BCUT2D eigenvalue weighted by atomic mass is 16.2. The van der Waals surface area contributed by atoms with Gasteiger partial charge in [0.2, 0.25) is 5.91 Å². The predicted molar refractivity (Wildman–Crippen MR) is 97.2 cm³/mol. The highest BCUT2D eigenvalue weighted by Crippen LogP contribution is 2.20. The molecule has 6 heteroatoms. The average molecular weight is 339 g/mol. The summed E-state index contributed by atoms with van der Waals surface area (Å²) in [4.78, 5) is 14.0. The number of fused-ring (bicyclic) bond motifs is 1. The molecule has 132 valence electrons. The molecule has 4 rings (SSSR count). The first-order valence-electron chi connectivity index (χ1n) is 9.11. The fourth-order valence-corrected chi connectivity index (χ4v) is 3.72. The second-order valence-electron chi connectivity index (χ2n) is 6.96. The molecule has 3 heterocycles. The maximum atomic E-state index is 12.0. The Labute approximate surface area is 148 Å². The molecule has 0 aliphatic carbocycles. The molecule has 2 aromatic rings. The summed E-state index contributed by atoms with van der Waals surface area (Å²) < 4.78 is 2.03. The molecule has 6 nitrogen and oxygen atoms in total. The molecule has 0 radical (unpaired) electrons. The molecule has 2 aliphatic heterocycles. The number of anilines is 1. The van der Waals surface area contributed by atoms with Gasteiger partial charge in [0.25, 0.3) is 0 Å².